The number of aryl methyl sites for hydroxylation is 1. The Balaban J connectivity index is 1.78. The highest BCUT2D eigenvalue weighted by molar-refractivity contribution is 6.34. The van der Waals surface area contributed by atoms with E-state index in [9.17, 15) is 10.1 Å². The van der Waals surface area contributed by atoms with E-state index in [0.29, 0.717) is 39.4 Å². The summed E-state index contributed by atoms with van der Waals surface area (Å²) in [6, 6.07) is 19.8. The first kappa shape index (κ1) is 23.2. The quantitative estimate of drug-likeness (QED) is 0.321. The van der Waals surface area contributed by atoms with Gasteiger partial charge in [-0.05, 0) is 60.0 Å². The number of rotatable bonds is 7. The van der Waals surface area contributed by atoms with Gasteiger partial charge in [-0.1, -0.05) is 53.5 Å². The molecule has 0 heterocycles. The lowest BCUT2D eigenvalue weighted by Crippen LogP contribution is -2.14. The summed E-state index contributed by atoms with van der Waals surface area (Å²) in [7, 11) is 1.52. The molecule has 0 fully saturated rings. The van der Waals surface area contributed by atoms with Crippen LogP contribution in [0, 0.1) is 18.3 Å². The number of para-hydroxylation sites is 1. The van der Waals surface area contributed by atoms with Crippen LogP contribution in [0.1, 0.15) is 16.7 Å². The van der Waals surface area contributed by atoms with E-state index in [2.05, 4.69) is 5.32 Å². The highest BCUT2D eigenvalue weighted by Crippen LogP contribution is 2.30. The van der Waals surface area contributed by atoms with Gasteiger partial charge >= 0.3 is 0 Å². The fraction of sp³-hybridized carbons (Fsp3) is 0.120. The summed E-state index contributed by atoms with van der Waals surface area (Å²) in [5.41, 5.74) is 2.73. The Morgan fingerprint density at radius 2 is 1.88 bits per heavy atom. The van der Waals surface area contributed by atoms with Crippen LogP contribution in [0.4, 0.5) is 5.69 Å². The van der Waals surface area contributed by atoms with E-state index in [1.807, 2.05) is 37.3 Å². The van der Waals surface area contributed by atoms with Crippen LogP contribution in [0.25, 0.3) is 6.08 Å². The zero-order valence-electron chi connectivity index (χ0n) is 17.5. The third kappa shape index (κ3) is 5.82. The van der Waals surface area contributed by atoms with Gasteiger partial charge in [0.05, 0.1) is 17.8 Å². The van der Waals surface area contributed by atoms with Crippen molar-refractivity contribution in [1.82, 2.24) is 0 Å². The molecule has 0 spiro atoms. The molecule has 7 heteroatoms. The molecule has 0 radical (unpaired) electrons. The van der Waals surface area contributed by atoms with E-state index >= 15 is 0 Å². The number of amides is 1. The molecule has 0 bridgehead atoms. The highest BCUT2D eigenvalue weighted by atomic mass is 35.5. The first-order valence-corrected chi connectivity index (χ1v) is 10.4. The molecule has 3 aromatic rings. The molecule has 162 valence electrons. The van der Waals surface area contributed by atoms with Gasteiger partial charge in [-0.25, -0.2) is 0 Å². The molecule has 0 aromatic heterocycles. The Morgan fingerprint density at radius 1 is 1.09 bits per heavy atom. The lowest BCUT2D eigenvalue weighted by atomic mass is 10.1. The van der Waals surface area contributed by atoms with Crippen LogP contribution >= 0.6 is 23.2 Å². The molecule has 0 aliphatic heterocycles. The summed E-state index contributed by atoms with van der Waals surface area (Å²) in [6.07, 6.45) is 1.48. The third-order valence-electron chi connectivity index (χ3n) is 4.61. The van der Waals surface area contributed by atoms with Gasteiger partial charge < -0.3 is 14.8 Å². The lowest BCUT2D eigenvalue weighted by molar-refractivity contribution is -0.112. The van der Waals surface area contributed by atoms with Gasteiger partial charge in [0.15, 0.2) is 11.5 Å². The van der Waals surface area contributed by atoms with E-state index in [4.69, 9.17) is 32.7 Å². The predicted molar refractivity (Wildman–Crippen MR) is 127 cm³/mol. The molecule has 1 N–H and O–H groups in total. The number of nitrogens with zero attached hydrogens (tertiary/aromatic N) is 1. The molecule has 0 atom stereocenters. The lowest BCUT2D eigenvalue weighted by Gasteiger charge is -2.12. The Morgan fingerprint density at radius 3 is 2.56 bits per heavy atom. The van der Waals surface area contributed by atoms with Gasteiger partial charge in [0.2, 0.25) is 0 Å². The molecular formula is C25H20Cl2N2O3. The molecule has 3 rings (SSSR count). The second-order valence-corrected chi connectivity index (χ2v) is 7.73. The van der Waals surface area contributed by atoms with Gasteiger partial charge in [-0.2, -0.15) is 5.26 Å². The number of nitriles is 1. The van der Waals surface area contributed by atoms with Crippen molar-refractivity contribution in [2.45, 2.75) is 13.5 Å². The first-order chi connectivity index (χ1) is 15.4. The monoisotopic (exact) mass is 466 g/mol. The molecule has 0 aliphatic rings. The number of methoxy groups -OCH3 is 1. The number of anilines is 1. The minimum atomic E-state index is -0.552. The number of carbonyl (C=O) groups is 1. The van der Waals surface area contributed by atoms with Gasteiger partial charge in [0.1, 0.15) is 18.2 Å². The summed E-state index contributed by atoms with van der Waals surface area (Å²) >= 11 is 12.2. The van der Waals surface area contributed by atoms with Crippen LogP contribution < -0.4 is 14.8 Å². The minimum Gasteiger partial charge on any atom is -0.493 e. The molecule has 5 nitrogen and oxygen atoms in total. The summed E-state index contributed by atoms with van der Waals surface area (Å²) in [5.74, 6) is 0.448. The third-order valence-corrected chi connectivity index (χ3v) is 5.16. The zero-order valence-corrected chi connectivity index (χ0v) is 19.0. The molecule has 0 saturated heterocycles. The Kier molecular flexibility index (Phi) is 7.77. The molecule has 0 unspecified atom stereocenters. The van der Waals surface area contributed by atoms with E-state index in [-0.39, 0.29) is 5.57 Å². The normalized spacial score (nSPS) is 10.9. The number of benzene rings is 3. The summed E-state index contributed by atoms with van der Waals surface area (Å²) in [6.45, 7) is 2.14. The van der Waals surface area contributed by atoms with E-state index in [1.54, 1.807) is 36.4 Å². The number of hydrogen-bond donors (Lipinski definition) is 1. The minimum absolute atomic E-state index is 0.0704. The Bertz CT molecular complexity index is 1200. The Hall–Kier alpha value is -3.46. The van der Waals surface area contributed by atoms with Crippen LogP contribution in [0.2, 0.25) is 10.0 Å². The fourth-order valence-electron chi connectivity index (χ4n) is 2.97. The SMILES string of the molecule is COc1cc(/C=C(\C#N)C(=O)Nc2c(C)cccc2Cl)ccc1OCc1cccc(Cl)c1. The van der Waals surface area contributed by atoms with Crippen LogP contribution in [-0.2, 0) is 11.4 Å². The highest BCUT2D eigenvalue weighted by Gasteiger charge is 2.14. The summed E-state index contributed by atoms with van der Waals surface area (Å²) < 4.78 is 11.3. The standard InChI is InChI=1S/C25H20Cl2N2O3/c1-16-5-3-8-21(27)24(16)29-25(30)19(14-28)11-17-9-10-22(23(13-17)31-2)32-15-18-6-4-7-20(26)12-18/h3-13H,15H2,1-2H3,(H,29,30)/b19-11+. The van der Waals surface area contributed by atoms with E-state index in [0.717, 1.165) is 11.1 Å². The largest absolute Gasteiger partial charge is 0.493 e. The summed E-state index contributed by atoms with van der Waals surface area (Å²) in [4.78, 5) is 12.6. The maximum absolute atomic E-state index is 12.6. The van der Waals surface area contributed by atoms with Crippen LogP contribution in [0.15, 0.2) is 66.2 Å². The van der Waals surface area contributed by atoms with E-state index in [1.165, 1.54) is 13.2 Å². The number of carbonyl (C=O) groups excluding carboxylic acids is 1. The molecule has 32 heavy (non-hydrogen) atoms. The summed E-state index contributed by atoms with van der Waals surface area (Å²) in [5, 5.41) is 13.2. The zero-order chi connectivity index (χ0) is 23.1. The maximum atomic E-state index is 12.6. The predicted octanol–water partition coefficient (Wildman–Crippen LogP) is 6.44. The van der Waals surface area contributed by atoms with Gasteiger partial charge in [-0.3, -0.25) is 4.79 Å². The average molecular weight is 467 g/mol. The van der Waals surface area contributed by atoms with Crippen molar-refractivity contribution in [3.8, 4) is 17.6 Å². The van der Waals surface area contributed by atoms with Gasteiger partial charge in [0, 0.05) is 5.02 Å². The van der Waals surface area contributed by atoms with Crippen LogP contribution in [0.5, 0.6) is 11.5 Å². The van der Waals surface area contributed by atoms with Crippen molar-refractivity contribution >= 4 is 40.9 Å². The van der Waals surface area contributed by atoms with Crippen molar-refractivity contribution in [1.29, 1.82) is 5.26 Å². The number of ether oxygens (including phenoxy) is 2. The molecule has 1 amide bonds. The number of hydrogen-bond acceptors (Lipinski definition) is 4. The fourth-order valence-corrected chi connectivity index (χ4v) is 3.45. The van der Waals surface area contributed by atoms with Gasteiger partial charge in [0.25, 0.3) is 5.91 Å². The van der Waals surface area contributed by atoms with Crippen molar-refractivity contribution in [2.75, 3.05) is 12.4 Å². The maximum Gasteiger partial charge on any atom is 0.266 e. The molecular weight excluding hydrogens is 447 g/mol. The van der Waals surface area contributed by atoms with E-state index < -0.39 is 5.91 Å². The first-order valence-electron chi connectivity index (χ1n) is 9.65. The second-order valence-electron chi connectivity index (χ2n) is 6.88. The topological polar surface area (TPSA) is 71.3 Å². The van der Waals surface area contributed by atoms with Gasteiger partial charge in [-0.15, -0.1) is 0 Å². The Labute approximate surface area is 196 Å². The van der Waals surface area contributed by atoms with Crippen molar-refractivity contribution in [3.63, 3.8) is 0 Å². The number of nitrogens with one attached hydrogen (secondary N) is 1. The second kappa shape index (κ2) is 10.7. The van der Waals surface area contributed by atoms with Crippen molar-refractivity contribution < 1.29 is 14.3 Å². The molecule has 0 saturated carbocycles. The van der Waals surface area contributed by atoms with Crippen LogP contribution in [0.3, 0.4) is 0 Å². The molecule has 3 aromatic carbocycles. The molecule has 0 aliphatic carbocycles. The van der Waals surface area contributed by atoms with Crippen molar-refractivity contribution in [3.05, 3.63) is 93.0 Å². The smallest absolute Gasteiger partial charge is 0.266 e. The number of halogens is 2. The van der Waals surface area contributed by atoms with Crippen molar-refractivity contribution in [2.24, 2.45) is 0 Å². The van der Waals surface area contributed by atoms with Crippen LogP contribution in [-0.4, -0.2) is 13.0 Å². The average Bonchev–Trinajstić information content (AvgIpc) is 2.78.